The van der Waals surface area contributed by atoms with Crippen LogP contribution in [0.15, 0.2) is 18.2 Å². The summed E-state index contributed by atoms with van der Waals surface area (Å²) in [7, 11) is 3.13. The lowest BCUT2D eigenvalue weighted by Crippen LogP contribution is -2.26. The van der Waals surface area contributed by atoms with Crippen LogP contribution in [0.1, 0.15) is 24.9 Å². The number of ether oxygens (including phenoxy) is 1. The molecular formula is C13H19F3N2O. The summed E-state index contributed by atoms with van der Waals surface area (Å²) < 4.78 is 42.0. The van der Waals surface area contributed by atoms with Crippen LogP contribution < -0.4 is 15.4 Å². The van der Waals surface area contributed by atoms with E-state index in [0.717, 1.165) is 5.56 Å². The number of alkyl halides is 3. The van der Waals surface area contributed by atoms with Crippen LogP contribution in [0, 0.1) is 0 Å². The van der Waals surface area contributed by atoms with E-state index in [-0.39, 0.29) is 12.6 Å². The highest BCUT2D eigenvalue weighted by Crippen LogP contribution is 2.33. The first-order valence-corrected chi connectivity index (χ1v) is 5.96. The Hall–Kier alpha value is -1.43. The van der Waals surface area contributed by atoms with Crippen molar-refractivity contribution >= 4 is 5.69 Å². The number of halogens is 3. The third kappa shape index (κ3) is 4.31. The Bertz CT molecular complexity index is 419. The van der Waals surface area contributed by atoms with Crippen molar-refractivity contribution in [2.24, 2.45) is 5.73 Å². The van der Waals surface area contributed by atoms with Gasteiger partial charge in [-0.05, 0) is 19.1 Å². The fourth-order valence-electron chi connectivity index (χ4n) is 1.92. The molecule has 6 heteroatoms. The quantitative estimate of drug-likeness (QED) is 0.898. The van der Waals surface area contributed by atoms with Crippen LogP contribution in [0.4, 0.5) is 18.9 Å². The minimum Gasteiger partial charge on any atom is -0.496 e. The Labute approximate surface area is 111 Å². The van der Waals surface area contributed by atoms with Crippen molar-refractivity contribution in [2.75, 3.05) is 25.6 Å². The SMILES string of the molecule is COc1cccc(N(C)CCC(F)(F)F)c1[C@H](C)N. The highest BCUT2D eigenvalue weighted by atomic mass is 19.4. The summed E-state index contributed by atoms with van der Waals surface area (Å²) in [6.45, 7) is 1.66. The van der Waals surface area contributed by atoms with Crippen LogP contribution in [0.25, 0.3) is 0 Å². The van der Waals surface area contributed by atoms with Gasteiger partial charge in [0.1, 0.15) is 5.75 Å². The molecule has 1 aromatic carbocycles. The maximum Gasteiger partial charge on any atom is 0.390 e. The highest BCUT2D eigenvalue weighted by molar-refractivity contribution is 5.60. The largest absolute Gasteiger partial charge is 0.496 e. The van der Waals surface area contributed by atoms with Gasteiger partial charge >= 0.3 is 6.18 Å². The van der Waals surface area contributed by atoms with Gasteiger partial charge in [-0.15, -0.1) is 0 Å². The average molecular weight is 276 g/mol. The number of nitrogens with two attached hydrogens (primary N) is 1. The predicted octanol–water partition coefficient (Wildman–Crippen LogP) is 3.10. The average Bonchev–Trinajstić information content (AvgIpc) is 2.33. The maximum absolute atomic E-state index is 12.3. The normalized spacial score (nSPS) is 13.2. The van der Waals surface area contributed by atoms with E-state index in [9.17, 15) is 13.2 Å². The third-order valence-electron chi connectivity index (χ3n) is 2.86. The van der Waals surface area contributed by atoms with Crippen molar-refractivity contribution in [2.45, 2.75) is 25.6 Å². The van der Waals surface area contributed by atoms with Crippen LogP contribution >= 0.6 is 0 Å². The van der Waals surface area contributed by atoms with Gasteiger partial charge in [0.2, 0.25) is 0 Å². The second kappa shape index (κ2) is 6.14. The van der Waals surface area contributed by atoms with Crippen LogP contribution in [-0.2, 0) is 0 Å². The smallest absolute Gasteiger partial charge is 0.390 e. The van der Waals surface area contributed by atoms with Crippen molar-refractivity contribution in [3.8, 4) is 5.75 Å². The molecule has 0 aliphatic carbocycles. The third-order valence-corrected chi connectivity index (χ3v) is 2.86. The molecule has 1 rings (SSSR count). The Morgan fingerprint density at radius 1 is 1.37 bits per heavy atom. The molecule has 0 heterocycles. The molecule has 0 saturated carbocycles. The summed E-state index contributed by atoms with van der Waals surface area (Å²) in [5.41, 5.74) is 7.26. The zero-order valence-electron chi connectivity index (χ0n) is 11.3. The van der Waals surface area contributed by atoms with Crippen molar-refractivity contribution in [3.63, 3.8) is 0 Å². The molecule has 1 aromatic rings. The van der Waals surface area contributed by atoms with Gasteiger partial charge in [-0.25, -0.2) is 0 Å². The van der Waals surface area contributed by atoms with E-state index in [1.165, 1.54) is 7.11 Å². The number of hydrogen-bond donors (Lipinski definition) is 1. The first-order chi connectivity index (χ1) is 8.76. The standard InChI is InChI=1S/C13H19F3N2O/c1-9(17)12-10(5-4-6-11(12)19-3)18(2)8-7-13(14,15)16/h4-6,9H,7-8,17H2,1-3H3/t9-/m0/s1. The molecule has 0 saturated heterocycles. The van der Waals surface area contributed by atoms with Crippen LogP contribution in [0.3, 0.4) is 0 Å². The summed E-state index contributed by atoms with van der Waals surface area (Å²) in [5.74, 6) is 0.589. The Balaban J connectivity index is 2.99. The fraction of sp³-hybridized carbons (Fsp3) is 0.538. The number of anilines is 1. The zero-order chi connectivity index (χ0) is 14.6. The molecule has 0 radical (unpaired) electrons. The van der Waals surface area contributed by atoms with Gasteiger partial charge in [0.05, 0.1) is 13.5 Å². The lowest BCUT2D eigenvalue weighted by molar-refractivity contribution is -0.132. The molecule has 19 heavy (non-hydrogen) atoms. The first kappa shape index (κ1) is 15.6. The van der Waals surface area contributed by atoms with E-state index in [2.05, 4.69) is 0 Å². The van der Waals surface area contributed by atoms with Gasteiger partial charge < -0.3 is 15.4 Å². The second-order valence-corrected chi connectivity index (χ2v) is 4.47. The predicted molar refractivity (Wildman–Crippen MR) is 69.5 cm³/mol. The molecule has 0 amide bonds. The molecular weight excluding hydrogens is 257 g/mol. The summed E-state index contributed by atoms with van der Waals surface area (Å²) in [6, 6.07) is 4.92. The van der Waals surface area contributed by atoms with Crippen molar-refractivity contribution in [1.29, 1.82) is 0 Å². The number of benzene rings is 1. The van der Waals surface area contributed by atoms with E-state index < -0.39 is 12.6 Å². The lowest BCUT2D eigenvalue weighted by atomic mass is 10.0. The first-order valence-electron chi connectivity index (χ1n) is 5.96. The van der Waals surface area contributed by atoms with E-state index in [1.807, 2.05) is 0 Å². The monoisotopic (exact) mass is 276 g/mol. The zero-order valence-corrected chi connectivity index (χ0v) is 11.3. The van der Waals surface area contributed by atoms with Gasteiger partial charge in [-0.3, -0.25) is 0 Å². The summed E-state index contributed by atoms with van der Waals surface area (Å²) in [4.78, 5) is 1.55. The van der Waals surface area contributed by atoms with Gasteiger partial charge in [0.25, 0.3) is 0 Å². The fourth-order valence-corrected chi connectivity index (χ4v) is 1.92. The summed E-state index contributed by atoms with van der Waals surface area (Å²) in [5, 5.41) is 0. The lowest BCUT2D eigenvalue weighted by Gasteiger charge is -2.25. The topological polar surface area (TPSA) is 38.5 Å². The van der Waals surface area contributed by atoms with Crippen LogP contribution in [-0.4, -0.2) is 26.9 Å². The van der Waals surface area contributed by atoms with E-state index in [1.54, 1.807) is 37.1 Å². The molecule has 0 aliphatic heterocycles. The van der Waals surface area contributed by atoms with E-state index in [4.69, 9.17) is 10.5 Å². The van der Waals surface area contributed by atoms with Crippen molar-refractivity contribution in [1.82, 2.24) is 0 Å². The molecule has 0 unspecified atom stereocenters. The molecule has 0 aromatic heterocycles. The maximum atomic E-state index is 12.3. The van der Waals surface area contributed by atoms with E-state index in [0.29, 0.717) is 11.4 Å². The van der Waals surface area contributed by atoms with Crippen molar-refractivity contribution in [3.05, 3.63) is 23.8 Å². The molecule has 0 spiro atoms. The van der Waals surface area contributed by atoms with E-state index >= 15 is 0 Å². The Kier molecular flexibility index (Phi) is 5.05. The molecule has 3 nitrogen and oxygen atoms in total. The molecule has 0 bridgehead atoms. The number of hydrogen-bond acceptors (Lipinski definition) is 3. The van der Waals surface area contributed by atoms with Gasteiger partial charge in [0.15, 0.2) is 0 Å². The van der Waals surface area contributed by atoms with Gasteiger partial charge in [0, 0.05) is 30.9 Å². The second-order valence-electron chi connectivity index (χ2n) is 4.47. The van der Waals surface area contributed by atoms with Gasteiger partial charge in [-0.2, -0.15) is 13.2 Å². The van der Waals surface area contributed by atoms with Crippen LogP contribution in [0.2, 0.25) is 0 Å². The number of methoxy groups -OCH3 is 1. The Morgan fingerprint density at radius 3 is 2.47 bits per heavy atom. The molecule has 0 aliphatic rings. The molecule has 2 N–H and O–H groups in total. The minimum atomic E-state index is -4.17. The summed E-state index contributed by atoms with van der Waals surface area (Å²) >= 11 is 0. The number of nitrogens with zero attached hydrogens (tertiary/aromatic N) is 1. The molecule has 0 fully saturated rings. The minimum absolute atomic E-state index is 0.115. The van der Waals surface area contributed by atoms with Crippen LogP contribution in [0.5, 0.6) is 5.75 Å². The highest BCUT2D eigenvalue weighted by Gasteiger charge is 2.28. The summed E-state index contributed by atoms with van der Waals surface area (Å²) in [6.07, 6.45) is -5.03. The molecule has 1 atom stereocenters. The van der Waals surface area contributed by atoms with Crippen molar-refractivity contribution < 1.29 is 17.9 Å². The Morgan fingerprint density at radius 2 is 2.00 bits per heavy atom. The molecule has 108 valence electrons. The number of rotatable bonds is 5. The van der Waals surface area contributed by atoms with Gasteiger partial charge in [-0.1, -0.05) is 6.07 Å².